The van der Waals surface area contributed by atoms with Gasteiger partial charge in [-0.25, -0.2) is 0 Å². The van der Waals surface area contributed by atoms with Crippen LogP contribution >= 0.6 is 24.0 Å². The molecule has 0 aromatic heterocycles. The van der Waals surface area contributed by atoms with E-state index >= 15 is 0 Å². The number of nitrogens with zero attached hydrogens (tertiary/aromatic N) is 3. The van der Waals surface area contributed by atoms with E-state index < -0.39 is 0 Å². The van der Waals surface area contributed by atoms with E-state index in [1.54, 1.807) is 0 Å². The molecule has 140 valence electrons. The van der Waals surface area contributed by atoms with Crippen LogP contribution in [0.2, 0.25) is 0 Å². The highest BCUT2D eigenvalue weighted by molar-refractivity contribution is 14.0. The summed E-state index contributed by atoms with van der Waals surface area (Å²) >= 11 is 0. The second-order valence-corrected chi connectivity index (χ2v) is 7.64. The van der Waals surface area contributed by atoms with Gasteiger partial charge in [0.2, 0.25) is 0 Å². The molecule has 2 saturated carbocycles. The Balaban J connectivity index is 0.00000208. The van der Waals surface area contributed by atoms with Crippen molar-refractivity contribution in [2.45, 2.75) is 58.9 Å². The smallest absolute Gasteiger partial charge is 0.193 e. The molecule has 0 spiro atoms. The predicted octanol–water partition coefficient (Wildman–Crippen LogP) is 3.42. The fourth-order valence-electron chi connectivity index (χ4n) is 4.32. The minimum absolute atomic E-state index is 0. The lowest BCUT2D eigenvalue weighted by Gasteiger charge is -2.27. The van der Waals surface area contributed by atoms with Crippen LogP contribution in [0, 0.1) is 17.8 Å². The van der Waals surface area contributed by atoms with E-state index in [0.29, 0.717) is 6.04 Å². The van der Waals surface area contributed by atoms with Crippen molar-refractivity contribution in [2.75, 3.05) is 39.3 Å². The molecule has 2 aliphatic carbocycles. The Morgan fingerprint density at radius 1 is 1.08 bits per heavy atom. The number of hydrogen-bond acceptors (Lipinski definition) is 2. The fraction of sp³-hybridized carbons (Fsp3) is 0.947. The molecule has 1 heterocycles. The molecular weight excluding hydrogens is 411 g/mol. The van der Waals surface area contributed by atoms with Gasteiger partial charge in [-0.1, -0.05) is 13.8 Å². The summed E-state index contributed by atoms with van der Waals surface area (Å²) in [6, 6.07) is 0.705. The Kier molecular flexibility index (Phi) is 8.11. The topological polar surface area (TPSA) is 30.9 Å². The molecule has 5 heteroatoms. The molecule has 1 atom stereocenters. The average Bonchev–Trinajstić information content (AvgIpc) is 3.48. The third kappa shape index (κ3) is 5.23. The van der Waals surface area contributed by atoms with E-state index in [9.17, 15) is 0 Å². The van der Waals surface area contributed by atoms with Crippen molar-refractivity contribution < 1.29 is 0 Å². The van der Waals surface area contributed by atoms with Gasteiger partial charge in [0.15, 0.2) is 5.96 Å². The molecule has 1 unspecified atom stereocenters. The van der Waals surface area contributed by atoms with Crippen LogP contribution in [0.4, 0.5) is 0 Å². The summed E-state index contributed by atoms with van der Waals surface area (Å²) < 4.78 is 0. The van der Waals surface area contributed by atoms with Gasteiger partial charge in [-0.05, 0) is 69.9 Å². The van der Waals surface area contributed by atoms with Crippen molar-refractivity contribution in [2.24, 2.45) is 22.7 Å². The highest BCUT2D eigenvalue weighted by Crippen LogP contribution is 2.49. The molecule has 0 radical (unpaired) electrons. The van der Waals surface area contributed by atoms with E-state index in [1.807, 2.05) is 0 Å². The van der Waals surface area contributed by atoms with Gasteiger partial charge in [0.1, 0.15) is 0 Å². The van der Waals surface area contributed by atoms with Gasteiger partial charge >= 0.3 is 0 Å². The third-order valence-electron chi connectivity index (χ3n) is 6.03. The number of rotatable bonds is 8. The molecule has 4 nitrogen and oxygen atoms in total. The molecule has 0 bridgehead atoms. The second-order valence-electron chi connectivity index (χ2n) is 7.64. The summed E-state index contributed by atoms with van der Waals surface area (Å²) in [7, 11) is 0. The van der Waals surface area contributed by atoms with E-state index in [4.69, 9.17) is 4.99 Å². The molecule has 3 rings (SSSR count). The molecule has 3 fully saturated rings. The third-order valence-corrected chi connectivity index (χ3v) is 6.03. The summed E-state index contributed by atoms with van der Waals surface area (Å²) in [5.41, 5.74) is 0. The summed E-state index contributed by atoms with van der Waals surface area (Å²) in [4.78, 5) is 10.2. The summed E-state index contributed by atoms with van der Waals surface area (Å²) in [6.45, 7) is 13.4. The van der Waals surface area contributed by atoms with Gasteiger partial charge in [-0.15, -0.1) is 24.0 Å². The van der Waals surface area contributed by atoms with Gasteiger partial charge in [-0.3, -0.25) is 9.89 Å². The summed E-state index contributed by atoms with van der Waals surface area (Å²) in [5.74, 6) is 4.05. The van der Waals surface area contributed by atoms with Crippen LogP contribution in [0.15, 0.2) is 4.99 Å². The number of nitrogens with one attached hydrogen (secondary N) is 1. The SMILES string of the molecule is CCNC(=NCC(C1CC1)C1CC1)N1CCC(N(CC)CC)C1.I. The van der Waals surface area contributed by atoms with Crippen LogP contribution in [0.5, 0.6) is 0 Å². The Bertz CT molecular complexity index is 390. The first kappa shape index (κ1) is 20.3. The van der Waals surface area contributed by atoms with Crippen molar-refractivity contribution >= 4 is 29.9 Å². The molecule has 1 saturated heterocycles. The second kappa shape index (κ2) is 9.60. The molecular formula is C19H37IN4. The first-order chi connectivity index (χ1) is 11.3. The number of guanidine groups is 1. The van der Waals surface area contributed by atoms with Gasteiger partial charge in [0.05, 0.1) is 0 Å². The molecule has 24 heavy (non-hydrogen) atoms. The van der Waals surface area contributed by atoms with E-state index in [-0.39, 0.29) is 24.0 Å². The Hall–Kier alpha value is -0.0400. The van der Waals surface area contributed by atoms with E-state index in [1.165, 1.54) is 38.1 Å². The monoisotopic (exact) mass is 448 g/mol. The first-order valence-corrected chi connectivity index (χ1v) is 10.0. The lowest BCUT2D eigenvalue weighted by molar-refractivity contribution is 0.223. The maximum atomic E-state index is 5.08. The molecule has 1 aliphatic heterocycles. The number of aliphatic imine (C=N–C) groups is 1. The molecule has 0 aromatic rings. The maximum absolute atomic E-state index is 5.08. The number of hydrogen-bond donors (Lipinski definition) is 1. The van der Waals surface area contributed by atoms with Crippen LogP contribution < -0.4 is 5.32 Å². The quantitative estimate of drug-likeness (QED) is 0.351. The minimum atomic E-state index is 0. The van der Waals surface area contributed by atoms with Crippen LogP contribution in [-0.4, -0.2) is 61.1 Å². The fourth-order valence-corrected chi connectivity index (χ4v) is 4.32. The average molecular weight is 448 g/mol. The van der Waals surface area contributed by atoms with Crippen molar-refractivity contribution in [1.29, 1.82) is 0 Å². The summed E-state index contributed by atoms with van der Waals surface area (Å²) in [5, 5.41) is 3.55. The van der Waals surface area contributed by atoms with Gasteiger partial charge < -0.3 is 10.2 Å². The minimum Gasteiger partial charge on any atom is -0.357 e. The molecule has 1 N–H and O–H groups in total. The van der Waals surface area contributed by atoms with Gasteiger partial charge in [-0.2, -0.15) is 0 Å². The van der Waals surface area contributed by atoms with Crippen molar-refractivity contribution in [3.8, 4) is 0 Å². The van der Waals surface area contributed by atoms with Crippen molar-refractivity contribution in [3.63, 3.8) is 0 Å². The van der Waals surface area contributed by atoms with Crippen LogP contribution in [0.25, 0.3) is 0 Å². The van der Waals surface area contributed by atoms with E-state index in [0.717, 1.165) is 57.0 Å². The van der Waals surface area contributed by atoms with E-state index in [2.05, 4.69) is 35.9 Å². The largest absolute Gasteiger partial charge is 0.357 e. The zero-order valence-corrected chi connectivity index (χ0v) is 18.2. The predicted molar refractivity (Wildman–Crippen MR) is 113 cm³/mol. The molecule has 0 aromatic carbocycles. The Morgan fingerprint density at radius 2 is 1.71 bits per heavy atom. The van der Waals surface area contributed by atoms with Crippen LogP contribution in [0.1, 0.15) is 52.9 Å². The number of likely N-dealkylation sites (tertiary alicyclic amines) is 1. The zero-order chi connectivity index (χ0) is 16.2. The van der Waals surface area contributed by atoms with Crippen molar-refractivity contribution in [1.82, 2.24) is 15.1 Å². The lowest BCUT2D eigenvalue weighted by atomic mass is 9.98. The maximum Gasteiger partial charge on any atom is 0.193 e. The molecule has 3 aliphatic rings. The summed E-state index contributed by atoms with van der Waals surface area (Å²) in [6.07, 6.45) is 7.12. The lowest BCUT2D eigenvalue weighted by Crippen LogP contribution is -2.43. The first-order valence-electron chi connectivity index (χ1n) is 10.0. The highest BCUT2D eigenvalue weighted by atomic mass is 127. The van der Waals surface area contributed by atoms with Crippen LogP contribution in [0.3, 0.4) is 0 Å². The highest BCUT2D eigenvalue weighted by Gasteiger charge is 2.41. The van der Waals surface area contributed by atoms with Crippen molar-refractivity contribution in [3.05, 3.63) is 0 Å². The zero-order valence-electron chi connectivity index (χ0n) is 15.8. The number of likely N-dealkylation sites (N-methyl/N-ethyl adjacent to an activating group) is 1. The van der Waals surface area contributed by atoms with Gasteiger partial charge in [0.25, 0.3) is 0 Å². The standard InChI is InChI=1S/C19H36N4.HI/c1-4-20-19(21-13-18(15-7-8-15)16-9-10-16)23-12-11-17(14-23)22(5-2)6-3;/h15-18H,4-14H2,1-3H3,(H,20,21);1H. The van der Waals surface area contributed by atoms with Gasteiger partial charge in [0, 0.05) is 32.2 Å². The number of halogens is 1. The van der Waals surface area contributed by atoms with Crippen LogP contribution in [-0.2, 0) is 0 Å². The molecule has 0 amide bonds. The Labute approximate surface area is 165 Å². The normalized spacial score (nSPS) is 24.6. The Morgan fingerprint density at radius 3 is 2.21 bits per heavy atom.